The predicted molar refractivity (Wildman–Crippen MR) is 51.1 cm³/mol. The molecular weight excluding hydrogens is 190 g/mol. The lowest BCUT2D eigenvalue weighted by atomic mass is 10.2. The summed E-state index contributed by atoms with van der Waals surface area (Å²) < 4.78 is 4.87. The summed E-state index contributed by atoms with van der Waals surface area (Å²) in [6.45, 7) is 0. The van der Waals surface area contributed by atoms with Crippen molar-refractivity contribution in [1.82, 2.24) is 5.32 Å². The Bertz CT molecular complexity index is 284. The molecule has 0 saturated carbocycles. The highest BCUT2D eigenvalue weighted by Gasteiger charge is 1.99. The van der Waals surface area contributed by atoms with E-state index in [1.165, 1.54) is 7.05 Å². The van der Waals surface area contributed by atoms with Gasteiger partial charge in [-0.1, -0.05) is 12.1 Å². The lowest BCUT2D eigenvalue weighted by molar-refractivity contribution is 0.203. The lowest BCUT2D eigenvalue weighted by Gasteiger charge is -2.02. The van der Waals surface area contributed by atoms with Crippen LogP contribution in [0.2, 0.25) is 0 Å². The Morgan fingerprint density at radius 3 is 2.54 bits per heavy atom. The molecule has 0 aliphatic rings. The van der Waals surface area contributed by atoms with Gasteiger partial charge in [-0.05, 0) is 17.7 Å². The number of halogens is 1. The van der Waals surface area contributed by atoms with Crippen molar-refractivity contribution >= 4 is 17.7 Å². The van der Waals surface area contributed by atoms with E-state index in [9.17, 15) is 4.79 Å². The Morgan fingerprint density at radius 1 is 1.46 bits per heavy atom. The number of carbonyl (C=O) groups is 1. The number of nitrogens with one attached hydrogen (secondary N) is 1. The molecule has 3 nitrogen and oxygen atoms in total. The maximum absolute atomic E-state index is 10.8. The summed E-state index contributed by atoms with van der Waals surface area (Å²) in [7, 11) is 1.51. The Hall–Kier alpha value is -1.22. The molecule has 0 aliphatic carbocycles. The van der Waals surface area contributed by atoms with Crippen LogP contribution in [0, 0.1) is 0 Å². The first kappa shape index (κ1) is 9.86. The third-order valence-electron chi connectivity index (χ3n) is 1.49. The lowest BCUT2D eigenvalue weighted by Crippen LogP contribution is -2.21. The minimum Gasteiger partial charge on any atom is -0.410 e. The van der Waals surface area contributed by atoms with Crippen molar-refractivity contribution in [3.8, 4) is 5.75 Å². The standard InChI is InChI=1S/C9H10ClNO2/c1-11-9(12)13-8-4-2-7(6-10)3-5-8/h2-5H,6H2,1H3,(H,11,12). The third-order valence-corrected chi connectivity index (χ3v) is 1.80. The maximum Gasteiger partial charge on any atom is 0.412 e. The first-order valence-corrected chi connectivity index (χ1v) is 4.34. The molecule has 0 saturated heterocycles. The van der Waals surface area contributed by atoms with Gasteiger partial charge in [0.05, 0.1) is 0 Å². The number of rotatable bonds is 2. The van der Waals surface area contributed by atoms with Crippen LogP contribution < -0.4 is 10.1 Å². The van der Waals surface area contributed by atoms with Crippen LogP contribution in [0.4, 0.5) is 4.79 Å². The number of hydrogen-bond donors (Lipinski definition) is 1. The van der Waals surface area contributed by atoms with Gasteiger partial charge in [-0.3, -0.25) is 0 Å². The first-order chi connectivity index (χ1) is 6.26. The highest BCUT2D eigenvalue weighted by molar-refractivity contribution is 6.17. The zero-order valence-corrected chi connectivity index (χ0v) is 7.97. The summed E-state index contributed by atoms with van der Waals surface area (Å²) in [6.07, 6.45) is -0.473. The number of ether oxygens (including phenoxy) is 1. The third kappa shape index (κ3) is 2.95. The van der Waals surface area contributed by atoms with Crippen molar-refractivity contribution < 1.29 is 9.53 Å². The van der Waals surface area contributed by atoms with E-state index in [2.05, 4.69) is 5.32 Å². The molecule has 1 amide bonds. The van der Waals surface area contributed by atoms with E-state index in [1.54, 1.807) is 12.1 Å². The fraction of sp³-hybridized carbons (Fsp3) is 0.222. The van der Waals surface area contributed by atoms with Crippen LogP contribution in [0.1, 0.15) is 5.56 Å². The molecular formula is C9H10ClNO2. The highest BCUT2D eigenvalue weighted by atomic mass is 35.5. The molecule has 0 fully saturated rings. The first-order valence-electron chi connectivity index (χ1n) is 3.80. The van der Waals surface area contributed by atoms with Crippen molar-refractivity contribution in [2.45, 2.75) is 5.88 Å². The summed E-state index contributed by atoms with van der Waals surface area (Å²) in [5.41, 5.74) is 0.992. The van der Waals surface area contributed by atoms with E-state index in [0.717, 1.165) is 5.56 Å². The fourth-order valence-electron chi connectivity index (χ4n) is 0.805. The smallest absolute Gasteiger partial charge is 0.410 e. The topological polar surface area (TPSA) is 38.3 Å². The van der Waals surface area contributed by atoms with Crippen LogP contribution in [0.15, 0.2) is 24.3 Å². The summed E-state index contributed by atoms with van der Waals surface area (Å²) in [4.78, 5) is 10.8. The average Bonchev–Trinajstić information content (AvgIpc) is 2.19. The molecule has 1 rings (SSSR count). The van der Waals surface area contributed by atoms with Gasteiger partial charge in [0.2, 0.25) is 0 Å². The van der Waals surface area contributed by atoms with Crippen LogP contribution >= 0.6 is 11.6 Å². The predicted octanol–water partition coefficient (Wildman–Crippen LogP) is 2.14. The minimum absolute atomic E-state index is 0.459. The maximum atomic E-state index is 10.8. The van der Waals surface area contributed by atoms with E-state index in [4.69, 9.17) is 16.3 Å². The van der Waals surface area contributed by atoms with Gasteiger partial charge in [-0.15, -0.1) is 11.6 Å². The summed E-state index contributed by atoms with van der Waals surface area (Å²) in [6, 6.07) is 7.02. The molecule has 0 spiro atoms. The van der Waals surface area contributed by atoms with Gasteiger partial charge in [0.25, 0.3) is 0 Å². The Labute approximate surface area is 81.7 Å². The van der Waals surface area contributed by atoms with Crippen molar-refractivity contribution in [3.05, 3.63) is 29.8 Å². The van der Waals surface area contributed by atoms with Gasteiger partial charge in [-0.25, -0.2) is 4.79 Å². The van der Waals surface area contributed by atoms with Gasteiger partial charge < -0.3 is 10.1 Å². The van der Waals surface area contributed by atoms with Crippen molar-refractivity contribution in [2.75, 3.05) is 7.05 Å². The molecule has 70 valence electrons. The molecule has 0 atom stereocenters. The van der Waals surface area contributed by atoms with E-state index < -0.39 is 6.09 Å². The number of amides is 1. The second-order valence-electron chi connectivity index (χ2n) is 2.42. The van der Waals surface area contributed by atoms with E-state index in [1.807, 2.05) is 12.1 Å². The SMILES string of the molecule is CNC(=O)Oc1ccc(CCl)cc1. The Balaban J connectivity index is 2.64. The van der Waals surface area contributed by atoms with Crippen molar-refractivity contribution in [2.24, 2.45) is 0 Å². The molecule has 0 aromatic heterocycles. The summed E-state index contributed by atoms with van der Waals surface area (Å²) in [5.74, 6) is 0.966. The van der Waals surface area contributed by atoms with Gasteiger partial charge >= 0.3 is 6.09 Å². The van der Waals surface area contributed by atoms with E-state index in [-0.39, 0.29) is 0 Å². The van der Waals surface area contributed by atoms with Crippen molar-refractivity contribution in [1.29, 1.82) is 0 Å². The molecule has 0 radical (unpaired) electrons. The Morgan fingerprint density at radius 2 is 2.08 bits per heavy atom. The molecule has 13 heavy (non-hydrogen) atoms. The molecule has 0 bridgehead atoms. The zero-order chi connectivity index (χ0) is 9.68. The second-order valence-corrected chi connectivity index (χ2v) is 2.68. The monoisotopic (exact) mass is 199 g/mol. The largest absolute Gasteiger partial charge is 0.412 e. The van der Waals surface area contributed by atoms with E-state index >= 15 is 0 Å². The van der Waals surface area contributed by atoms with Gasteiger partial charge in [0.15, 0.2) is 0 Å². The summed E-state index contributed by atoms with van der Waals surface area (Å²) >= 11 is 5.59. The molecule has 0 heterocycles. The van der Waals surface area contributed by atoms with Crippen molar-refractivity contribution in [3.63, 3.8) is 0 Å². The number of alkyl halides is 1. The number of carbonyl (C=O) groups excluding carboxylic acids is 1. The number of benzene rings is 1. The van der Waals surface area contributed by atoms with Gasteiger partial charge in [-0.2, -0.15) is 0 Å². The van der Waals surface area contributed by atoms with E-state index in [0.29, 0.717) is 11.6 Å². The fourth-order valence-corrected chi connectivity index (χ4v) is 0.983. The minimum atomic E-state index is -0.473. The quantitative estimate of drug-likeness (QED) is 0.742. The summed E-state index contributed by atoms with van der Waals surface area (Å²) in [5, 5.41) is 2.35. The van der Waals surface area contributed by atoms with Gasteiger partial charge in [0.1, 0.15) is 5.75 Å². The highest BCUT2D eigenvalue weighted by Crippen LogP contribution is 2.13. The second kappa shape index (κ2) is 4.72. The Kier molecular flexibility index (Phi) is 3.58. The molecule has 1 aromatic rings. The van der Waals surface area contributed by atoms with Crippen LogP contribution in [-0.2, 0) is 5.88 Å². The zero-order valence-electron chi connectivity index (χ0n) is 7.21. The normalized spacial score (nSPS) is 9.38. The van der Waals surface area contributed by atoms with Crippen LogP contribution in [0.5, 0.6) is 5.75 Å². The molecule has 1 aromatic carbocycles. The molecule has 1 N–H and O–H groups in total. The van der Waals surface area contributed by atoms with Crippen LogP contribution in [0.3, 0.4) is 0 Å². The van der Waals surface area contributed by atoms with Crippen LogP contribution in [-0.4, -0.2) is 13.1 Å². The molecule has 0 aliphatic heterocycles. The molecule has 0 unspecified atom stereocenters. The molecule has 4 heteroatoms. The average molecular weight is 200 g/mol. The van der Waals surface area contributed by atoms with Crippen LogP contribution in [0.25, 0.3) is 0 Å². The van der Waals surface area contributed by atoms with Gasteiger partial charge in [0, 0.05) is 12.9 Å². The number of hydrogen-bond acceptors (Lipinski definition) is 2.